The highest BCUT2D eigenvalue weighted by molar-refractivity contribution is 6.30. The highest BCUT2D eigenvalue weighted by Crippen LogP contribution is 2.43. The summed E-state index contributed by atoms with van der Waals surface area (Å²) in [6, 6.07) is 7.58. The summed E-state index contributed by atoms with van der Waals surface area (Å²) in [5.41, 5.74) is 0.707. The molecule has 5 heteroatoms. The molecule has 2 aliphatic rings. The maximum Gasteiger partial charge on any atom is 0.307 e. The van der Waals surface area contributed by atoms with Crippen molar-refractivity contribution < 1.29 is 14.7 Å². The molecule has 0 aliphatic heterocycles. The second-order valence-electron chi connectivity index (χ2n) is 6.07. The number of rotatable bonds is 4. The van der Waals surface area contributed by atoms with Crippen molar-refractivity contribution in [1.29, 1.82) is 0 Å². The minimum absolute atomic E-state index is 0.126. The third-order valence-corrected chi connectivity index (χ3v) is 4.91. The van der Waals surface area contributed by atoms with Crippen molar-refractivity contribution in [2.75, 3.05) is 0 Å². The summed E-state index contributed by atoms with van der Waals surface area (Å²) >= 11 is 5.93. The second kappa shape index (κ2) is 5.34. The Morgan fingerprint density at radius 3 is 2.29 bits per heavy atom. The lowest BCUT2D eigenvalue weighted by atomic mass is 9.88. The minimum Gasteiger partial charge on any atom is -0.481 e. The smallest absolute Gasteiger partial charge is 0.307 e. The first-order valence-corrected chi connectivity index (χ1v) is 7.70. The molecule has 3 rings (SSSR count). The summed E-state index contributed by atoms with van der Waals surface area (Å²) in [5.74, 6) is -1.87. The molecule has 1 aromatic carbocycles. The number of carboxylic acids is 1. The average Bonchev–Trinajstić information content (AvgIpc) is 3.14. The van der Waals surface area contributed by atoms with Gasteiger partial charge in [0, 0.05) is 5.02 Å². The highest BCUT2D eigenvalue weighted by Gasteiger charge is 2.50. The normalized spacial score (nSPS) is 26.3. The molecule has 2 fully saturated rings. The predicted molar refractivity (Wildman–Crippen MR) is 79.0 cm³/mol. The largest absolute Gasteiger partial charge is 0.481 e. The Bertz CT molecular complexity index is 563. The van der Waals surface area contributed by atoms with E-state index in [4.69, 9.17) is 16.7 Å². The molecule has 0 spiro atoms. The summed E-state index contributed by atoms with van der Waals surface area (Å²) < 4.78 is 0. The van der Waals surface area contributed by atoms with Crippen molar-refractivity contribution in [3.63, 3.8) is 0 Å². The molecule has 1 aromatic rings. The van der Waals surface area contributed by atoms with Crippen LogP contribution in [-0.2, 0) is 15.1 Å². The number of benzene rings is 1. The number of carboxylic acid groups (broad SMARTS) is 1. The fourth-order valence-electron chi connectivity index (χ4n) is 3.32. The molecule has 112 valence electrons. The van der Waals surface area contributed by atoms with E-state index in [1.165, 1.54) is 0 Å². The van der Waals surface area contributed by atoms with Crippen LogP contribution in [-0.4, -0.2) is 17.0 Å². The number of halogens is 1. The summed E-state index contributed by atoms with van der Waals surface area (Å²) in [4.78, 5) is 23.2. The molecule has 2 saturated carbocycles. The first-order valence-electron chi connectivity index (χ1n) is 7.33. The molecule has 2 aliphatic carbocycles. The Morgan fingerprint density at radius 1 is 1.14 bits per heavy atom. The van der Waals surface area contributed by atoms with Gasteiger partial charge in [-0.05, 0) is 37.0 Å². The van der Waals surface area contributed by atoms with Crippen LogP contribution < -0.4 is 5.32 Å². The van der Waals surface area contributed by atoms with Gasteiger partial charge >= 0.3 is 5.97 Å². The lowest BCUT2D eigenvalue weighted by Gasteiger charge is -2.31. The van der Waals surface area contributed by atoms with E-state index in [1.54, 1.807) is 0 Å². The van der Waals surface area contributed by atoms with Crippen LogP contribution in [0, 0.1) is 11.8 Å². The summed E-state index contributed by atoms with van der Waals surface area (Å²) in [6.07, 6.45) is 4.37. The van der Waals surface area contributed by atoms with Gasteiger partial charge in [-0.3, -0.25) is 9.59 Å². The number of hydrogen-bond acceptors (Lipinski definition) is 2. The molecule has 0 saturated heterocycles. The van der Waals surface area contributed by atoms with Gasteiger partial charge in [-0.1, -0.05) is 36.6 Å². The summed E-state index contributed by atoms with van der Waals surface area (Å²) in [5, 5.41) is 12.8. The molecule has 4 nitrogen and oxygen atoms in total. The minimum atomic E-state index is -0.873. The van der Waals surface area contributed by atoms with E-state index in [9.17, 15) is 9.59 Å². The van der Waals surface area contributed by atoms with Gasteiger partial charge in [0.05, 0.1) is 17.4 Å². The van der Waals surface area contributed by atoms with Gasteiger partial charge in [0.1, 0.15) is 0 Å². The monoisotopic (exact) mass is 307 g/mol. The number of carbonyl (C=O) groups excluding carboxylic acids is 1. The van der Waals surface area contributed by atoms with Crippen LogP contribution in [0.1, 0.15) is 37.7 Å². The van der Waals surface area contributed by atoms with Gasteiger partial charge in [0.15, 0.2) is 0 Å². The molecule has 0 radical (unpaired) electrons. The van der Waals surface area contributed by atoms with Crippen LogP contribution in [0.5, 0.6) is 0 Å². The van der Waals surface area contributed by atoms with Crippen LogP contribution >= 0.6 is 11.6 Å². The fourth-order valence-corrected chi connectivity index (χ4v) is 3.45. The molecule has 0 heterocycles. The Morgan fingerprint density at radius 2 is 1.76 bits per heavy atom. The maximum absolute atomic E-state index is 12.3. The van der Waals surface area contributed by atoms with E-state index in [0.29, 0.717) is 11.4 Å². The predicted octanol–water partition coefficient (Wildman–Crippen LogP) is 2.95. The molecule has 21 heavy (non-hydrogen) atoms. The van der Waals surface area contributed by atoms with Gasteiger partial charge in [-0.25, -0.2) is 0 Å². The third kappa shape index (κ3) is 2.77. The van der Waals surface area contributed by atoms with E-state index in [1.807, 2.05) is 24.3 Å². The molecular weight excluding hydrogens is 290 g/mol. The Balaban J connectivity index is 1.77. The lowest BCUT2D eigenvalue weighted by Crippen LogP contribution is -2.44. The van der Waals surface area contributed by atoms with E-state index in [2.05, 4.69) is 5.32 Å². The lowest BCUT2D eigenvalue weighted by molar-refractivity contribution is -0.140. The van der Waals surface area contributed by atoms with Crippen molar-refractivity contribution in [2.24, 2.45) is 11.8 Å². The van der Waals surface area contributed by atoms with E-state index >= 15 is 0 Å². The van der Waals surface area contributed by atoms with Crippen molar-refractivity contribution in [3.05, 3.63) is 34.9 Å². The summed E-state index contributed by atoms with van der Waals surface area (Å²) in [7, 11) is 0. The quantitative estimate of drug-likeness (QED) is 0.898. The molecule has 2 N–H and O–H groups in total. The van der Waals surface area contributed by atoms with Crippen LogP contribution in [0.15, 0.2) is 24.3 Å². The molecular formula is C16H18ClNO3. The molecule has 1 amide bonds. The van der Waals surface area contributed by atoms with Gasteiger partial charge < -0.3 is 10.4 Å². The van der Waals surface area contributed by atoms with Gasteiger partial charge in [0.2, 0.25) is 5.91 Å². The number of hydrogen-bond donors (Lipinski definition) is 2. The van der Waals surface area contributed by atoms with Crippen molar-refractivity contribution in [1.82, 2.24) is 5.32 Å². The topological polar surface area (TPSA) is 66.4 Å². The van der Waals surface area contributed by atoms with Crippen LogP contribution in [0.3, 0.4) is 0 Å². The Hall–Kier alpha value is -1.55. The number of nitrogens with one attached hydrogen (secondary N) is 1. The van der Waals surface area contributed by atoms with Gasteiger partial charge in [-0.15, -0.1) is 0 Å². The number of carbonyl (C=O) groups is 2. The van der Waals surface area contributed by atoms with Crippen molar-refractivity contribution >= 4 is 23.5 Å². The fraction of sp³-hybridized carbons (Fsp3) is 0.500. The first-order chi connectivity index (χ1) is 10.0. The van der Waals surface area contributed by atoms with Gasteiger partial charge in [-0.2, -0.15) is 0 Å². The summed E-state index contributed by atoms with van der Waals surface area (Å²) in [6.45, 7) is 0. The van der Waals surface area contributed by atoms with E-state index < -0.39 is 11.9 Å². The Labute approximate surface area is 128 Å². The van der Waals surface area contributed by atoms with Crippen molar-refractivity contribution in [3.8, 4) is 0 Å². The Kier molecular flexibility index (Phi) is 3.66. The van der Waals surface area contributed by atoms with Crippen LogP contribution in [0.25, 0.3) is 0 Å². The number of aliphatic carboxylic acids is 1. The zero-order chi connectivity index (χ0) is 15.0. The van der Waals surface area contributed by atoms with Crippen LogP contribution in [0.4, 0.5) is 0 Å². The zero-order valence-corrected chi connectivity index (χ0v) is 12.4. The zero-order valence-electron chi connectivity index (χ0n) is 11.6. The standard InChI is InChI=1S/C16H18ClNO3/c17-11-5-3-10(4-6-11)16(7-1-2-8-16)18-14(19)12-9-13(12)15(20)21/h3-6,12-13H,1-2,7-9H2,(H,18,19)(H,20,21). The molecule has 2 atom stereocenters. The van der Waals surface area contributed by atoms with E-state index in [0.717, 1.165) is 31.2 Å². The SMILES string of the molecule is O=C(O)C1CC1C(=O)NC1(c2ccc(Cl)cc2)CCCC1. The number of amides is 1. The molecule has 0 aromatic heterocycles. The van der Waals surface area contributed by atoms with Crippen LogP contribution in [0.2, 0.25) is 5.02 Å². The maximum atomic E-state index is 12.3. The van der Waals surface area contributed by atoms with Crippen molar-refractivity contribution in [2.45, 2.75) is 37.6 Å². The molecule has 2 unspecified atom stereocenters. The first kappa shape index (κ1) is 14.4. The highest BCUT2D eigenvalue weighted by atomic mass is 35.5. The molecule has 0 bridgehead atoms. The van der Waals surface area contributed by atoms with E-state index in [-0.39, 0.29) is 17.4 Å². The third-order valence-electron chi connectivity index (χ3n) is 4.66. The van der Waals surface area contributed by atoms with Gasteiger partial charge in [0.25, 0.3) is 0 Å². The average molecular weight is 308 g/mol. The second-order valence-corrected chi connectivity index (χ2v) is 6.51.